The molecule has 0 radical (unpaired) electrons. The van der Waals surface area contributed by atoms with Gasteiger partial charge in [-0.15, -0.1) is 0 Å². The monoisotopic (exact) mass is 629 g/mol. The highest BCUT2D eigenvalue weighted by molar-refractivity contribution is 6.32. The number of carbonyl (C=O) groups excluding carboxylic acids is 2. The highest BCUT2D eigenvalue weighted by atomic mass is 35.5. The van der Waals surface area contributed by atoms with E-state index in [1.807, 2.05) is 41.0 Å². The van der Waals surface area contributed by atoms with Crippen LogP contribution in [0, 0.1) is 0 Å². The van der Waals surface area contributed by atoms with Crippen LogP contribution in [0.1, 0.15) is 54.7 Å². The highest BCUT2D eigenvalue weighted by Crippen LogP contribution is 2.35. The van der Waals surface area contributed by atoms with Gasteiger partial charge in [0.05, 0.1) is 31.5 Å². The van der Waals surface area contributed by atoms with E-state index in [-0.39, 0.29) is 18.1 Å². The van der Waals surface area contributed by atoms with Crippen LogP contribution in [0.2, 0.25) is 5.02 Å². The molecule has 8 nitrogen and oxygen atoms in total. The summed E-state index contributed by atoms with van der Waals surface area (Å²) in [5.41, 5.74) is 4.49. The minimum atomic E-state index is -0.332. The number of benzene rings is 3. The van der Waals surface area contributed by atoms with Gasteiger partial charge in [0.15, 0.2) is 5.78 Å². The number of aromatic nitrogens is 2. The van der Waals surface area contributed by atoms with Gasteiger partial charge in [-0.2, -0.15) is 0 Å². The van der Waals surface area contributed by atoms with E-state index in [1.165, 1.54) is 13.2 Å². The largest absolute Gasteiger partial charge is 0.495 e. The number of imidazole rings is 1. The van der Waals surface area contributed by atoms with Gasteiger partial charge in [-0.1, -0.05) is 44.0 Å². The van der Waals surface area contributed by atoms with Crippen LogP contribution in [0.25, 0.3) is 17.2 Å². The predicted molar refractivity (Wildman–Crippen MR) is 179 cm³/mol. The molecule has 0 fully saturated rings. The molecule has 0 saturated carbocycles. The molecule has 0 aliphatic carbocycles. The molecule has 45 heavy (non-hydrogen) atoms. The second kappa shape index (κ2) is 17.2. The molecule has 1 N–H and O–H groups in total. The molecule has 1 aromatic heterocycles. The first-order valence-electron chi connectivity index (χ1n) is 15.2. The minimum absolute atomic E-state index is 0.0101. The standard InChI is InChI=1S/C36H40ClN3O5/c1-4-6-18-44-19-20-45-32-14-9-26(10-15-32)29-21-28(36(43-3)33(37)22-29)11-16-35(42)39-30-12-7-27(8-13-30)34(41)23-31-24-38-25-40(31)17-5-2/h7-16,21-22,24-25H,4-6,17-20,23H2,1-3H3,(H,39,42)/b16-11+. The molecule has 0 spiro atoms. The lowest BCUT2D eigenvalue weighted by Gasteiger charge is -2.12. The molecule has 4 rings (SSSR count). The maximum Gasteiger partial charge on any atom is 0.248 e. The van der Waals surface area contributed by atoms with Crippen molar-refractivity contribution in [2.45, 2.75) is 46.1 Å². The number of carbonyl (C=O) groups is 2. The third-order valence-electron chi connectivity index (χ3n) is 7.10. The Morgan fingerprint density at radius 2 is 1.73 bits per heavy atom. The first-order valence-corrected chi connectivity index (χ1v) is 15.6. The molecule has 236 valence electrons. The number of nitrogens with zero attached hydrogens (tertiary/aromatic N) is 2. The van der Waals surface area contributed by atoms with Gasteiger partial charge in [-0.25, -0.2) is 4.98 Å². The molecule has 0 aliphatic heterocycles. The van der Waals surface area contributed by atoms with Crippen LogP contribution in [0.5, 0.6) is 11.5 Å². The summed E-state index contributed by atoms with van der Waals surface area (Å²) >= 11 is 6.56. The molecule has 4 aromatic rings. The summed E-state index contributed by atoms with van der Waals surface area (Å²) in [7, 11) is 1.54. The molecular weight excluding hydrogens is 590 g/mol. The third-order valence-corrected chi connectivity index (χ3v) is 7.38. The SMILES string of the molecule is CCCCOCCOc1ccc(-c2cc(Cl)c(OC)c(/C=C/C(=O)Nc3ccc(C(=O)Cc4cncn4CCC)cc3)c2)cc1. The van der Waals surface area contributed by atoms with Crippen LogP contribution in [0.15, 0.2) is 79.3 Å². The van der Waals surface area contributed by atoms with E-state index in [0.29, 0.717) is 40.8 Å². The summed E-state index contributed by atoms with van der Waals surface area (Å²) in [5, 5.41) is 3.27. The highest BCUT2D eigenvalue weighted by Gasteiger charge is 2.13. The Balaban J connectivity index is 1.37. The van der Waals surface area contributed by atoms with Gasteiger partial charge in [-0.3, -0.25) is 9.59 Å². The lowest BCUT2D eigenvalue weighted by molar-refractivity contribution is -0.111. The molecule has 0 unspecified atom stereocenters. The van der Waals surface area contributed by atoms with Crippen molar-refractivity contribution in [3.63, 3.8) is 0 Å². The van der Waals surface area contributed by atoms with Gasteiger partial charge in [0.2, 0.25) is 5.91 Å². The molecule has 0 saturated heterocycles. The molecule has 9 heteroatoms. The summed E-state index contributed by atoms with van der Waals surface area (Å²) in [6.45, 7) is 6.83. The number of ketones is 1. The van der Waals surface area contributed by atoms with Crippen molar-refractivity contribution in [3.8, 4) is 22.6 Å². The Bertz CT molecular complexity index is 1580. The first-order chi connectivity index (χ1) is 21.9. The molecule has 0 bridgehead atoms. The second-order valence-electron chi connectivity index (χ2n) is 10.5. The zero-order valence-electron chi connectivity index (χ0n) is 26.1. The fourth-order valence-corrected chi connectivity index (χ4v) is 5.03. The maximum atomic E-state index is 12.8. The van der Waals surface area contributed by atoms with Gasteiger partial charge in [0.25, 0.3) is 0 Å². The summed E-state index contributed by atoms with van der Waals surface area (Å²) in [4.78, 5) is 29.7. The van der Waals surface area contributed by atoms with Gasteiger partial charge >= 0.3 is 0 Å². The Hall–Kier alpha value is -4.40. The molecule has 0 aliphatic rings. The van der Waals surface area contributed by atoms with Crippen LogP contribution in [-0.2, 0) is 22.5 Å². The number of halogens is 1. The maximum absolute atomic E-state index is 12.8. The van der Waals surface area contributed by atoms with Crippen LogP contribution in [0.4, 0.5) is 5.69 Å². The summed E-state index contributed by atoms with van der Waals surface area (Å²) in [6.07, 6.45) is 9.95. The fraction of sp³-hybridized carbons (Fsp3) is 0.306. The Labute approximate surface area is 270 Å². The molecule has 1 amide bonds. The van der Waals surface area contributed by atoms with E-state index in [1.54, 1.807) is 42.9 Å². The fourth-order valence-electron chi connectivity index (χ4n) is 4.72. The zero-order valence-corrected chi connectivity index (χ0v) is 26.8. The quantitative estimate of drug-likeness (QED) is 0.0725. The normalized spacial score (nSPS) is 11.1. The Kier molecular flexibility index (Phi) is 12.8. The van der Waals surface area contributed by atoms with E-state index in [2.05, 4.69) is 24.1 Å². The Morgan fingerprint density at radius 1 is 0.956 bits per heavy atom. The number of hydrogen-bond acceptors (Lipinski definition) is 6. The number of rotatable bonds is 17. The molecule has 1 heterocycles. The van der Waals surface area contributed by atoms with Gasteiger partial charge in [-0.05, 0) is 78.6 Å². The minimum Gasteiger partial charge on any atom is -0.495 e. The van der Waals surface area contributed by atoms with Crippen LogP contribution >= 0.6 is 11.6 Å². The van der Waals surface area contributed by atoms with E-state index in [0.717, 1.165) is 55.0 Å². The summed E-state index contributed by atoms with van der Waals surface area (Å²) in [6, 6.07) is 18.3. The summed E-state index contributed by atoms with van der Waals surface area (Å²) in [5.74, 6) is 0.882. The van der Waals surface area contributed by atoms with Crippen LogP contribution in [0.3, 0.4) is 0 Å². The van der Waals surface area contributed by atoms with Crippen molar-refractivity contribution < 1.29 is 23.8 Å². The number of methoxy groups -OCH3 is 1. The number of Topliss-reactive ketones (excluding diaryl/α,β-unsaturated/α-hetero) is 1. The smallest absolute Gasteiger partial charge is 0.248 e. The average Bonchev–Trinajstić information content (AvgIpc) is 3.48. The lowest BCUT2D eigenvalue weighted by atomic mass is 10.0. The number of ether oxygens (including phenoxy) is 3. The van der Waals surface area contributed by atoms with Gasteiger partial charge in [0, 0.05) is 47.9 Å². The van der Waals surface area contributed by atoms with E-state index in [4.69, 9.17) is 25.8 Å². The van der Waals surface area contributed by atoms with Crippen molar-refractivity contribution in [3.05, 3.63) is 101 Å². The third kappa shape index (κ3) is 9.80. The topological polar surface area (TPSA) is 91.7 Å². The second-order valence-corrected chi connectivity index (χ2v) is 10.9. The number of anilines is 1. The first kappa shape index (κ1) is 33.5. The van der Waals surface area contributed by atoms with Crippen molar-refractivity contribution in [1.82, 2.24) is 9.55 Å². The summed E-state index contributed by atoms with van der Waals surface area (Å²) < 4.78 is 18.8. The van der Waals surface area contributed by atoms with Crippen LogP contribution < -0.4 is 14.8 Å². The van der Waals surface area contributed by atoms with E-state index >= 15 is 0 Å². The van der Waals surface area contributed by atoms with Crippen molar-refractivity contribution in [2.75, 3.05) is 32.2 Å². The number of nitrogens with one attached hydrogen (secondary N) is 1. The number of unbranched alkanes of at least 4 members (excludes halogenated alkanes) is 1. The van der Waals surface area contributed by atoms with Gasteiger partial charge in [0.1, 0.15) is 18.1 Å². The molecule has 0 atom stereocenters. The number of hydrogen-bond donors (Lipinski definition) is 1. The lowest BCUT2D eigenvalue weighted by Crippen LogP contribution is -2.10. The number of amides is 1. The molecule has 3 aromatic carbocycles. The zero-order chi connectivity index (χ0) is 32.0. The Morgan fingerprint density at radius 3 is 2.44 bits per heavy atom. The van der Waals surface area contributed by atoms with Crippen molar-refractivity contribution >= 4 is 35.1 Å². The number of aryl methyl sites for hydroxylation is 1. The van der Waals surface area contributed by atoms with Crippen molar-refractivity contribution in [2.24, 2.45) is 0 Å². The van der Waals surface area contributed by atoms with Crippen LogP contribution in [-0.4, -0.2) is 48.2 Å². The average molecular weight is 630 g/mol. The van der Waals surface area contributed by atoms with E-state index in [9.17, 15) is 9.59 Å². The van der Waals surface area contributed by atoms with Crippen molar-refractivity contribution in [1.29, 1.82) is 0 Å². The predicted octanol–water partition coefficient (Wildman–Crippen LogP) is 7.89. The van der Waals surface area contributed by atoms with E-state index < -0.39 is 0 Å². The molecular formula is C36H40ClN3O5. The van der Waals surface area contributed by atoms with Gasteiger partial charge < -0.3 is 24.1 Å².